The molecule has 0 unspecified atom stereocenters. The first-order valence-electron chi connectivity index (χ1n) is 13.3. The minimum Gasteiger partial charge on any atom is -0.480 e. The van der Waals surface area contributed by atoms with Gasteiger partial charge in [-0.05, 0) is 39.3 Å². The highest BCUT2D eigenvalue weighted by molar-refractivity contribution is 5.81. The molecule has 2 fully saturated rings. The van der Waals surface area contributed by atoms with Gasteiger partial charge in [0.2, 0.25) is 5.91 Å². The standard InChI is InChI=1S/C29H34F5N3O3/c1-16-13-35(26(28(39)40)12-20-24(33)10-18(31)11-25(20)34)7-8-37(16)27(38)22-15-36(29(2,3)4)14-21(22)19-6-5-17(30)9-23(19)32/h5-6,9-11,16,21-22,26H,7-8,12-15H2,1-4H3,(H,39,40)/t16-,21-,22+,26-/m0/s1. The molecular formula is C29H34F5N3O3. The van der Waals surface area contributed by atoms with Crippen LogP contribution in [0.1, 0.15) is 44.7 Å². The maximum absolute atomic E-state index is 14.8. The highest BCUT2D eigenvalue weighted by Crippen LogP contribution is 2.39. The maximum atomic E-state index is 14.8. The lowest BCUT2D eigenvalue weighted by Crippen LogP contribution is -2.59. The van der Waals surface area contributed by atoms with E-state index < -0.39 is 71.0 Å². The van der Waals surface area contributed by atoms with Gasteiger partial charge in [0.15, 0.2) is 0 Å². The summed E-state index contributed by atoms with van der Waals surface area (Å²) in [6.07, 6.45) is -0.511. The van der Waals surface area contributed by atoms with Crippen LogP contribution in [-0.4, -0.2) is 82.0 Å². The zero-order chi connectivity index (χ0) is 29.5. The van der Waals surface area contributed by atoms with Crippen LogP contribution in [0, 0.1) is 35.0 Å². The van der Waals surface area contributed by atoms with Crippen LogP contribution in [0.5, 0.6) is 0 Å². The van der Waals surface area contributed by atoms with Crippen LogP contribution in [-0.2, 0) is 16.0 Å². The number of hydrogen-bond acceptors (Lipinski definition) is 4. The molecular weight excluding hydrogens is 533 g/mol. The van der Waals surface area contributed by atoms with Crippen molar-refractivity contribution < 1.29 is 36.6 Å². The lowest BCUT2D eigenvalue weighted by molar-refractivity contribution is -0.147. The van der Waals surface area contributed by atoms with E-state index in [-0.39, 0.29) is 36.6 Å². The van der Waals surface area contributed by atoms with Crippen molar-refractivity contribution in [3.05, 3.63) is 70.5 Å². The summed E-state index contributed by atoms with van der Waals surface area (Å²) in [4.78, 5) is 31.3. The summed E-state index contributed by atoms with van der Waals surface area (Å²) in [6.45, 7) is 8.94. The number of hydrogen-bond donors (Lipinski definition) is 1. The van der Waals surface area contributed by atoms with Gasteiger partial charge in [-0.3, -0.25) is 19.4 Å². The summed E-state index contributed by atoms with van der Waals surface area (Å²) in [7, 11) is 0. The Bertz CT molecular complexity index is 1260. The molecule has 2 aliphatic heterocycles. The van der Waals surface area contributed by atoms with Gasteiger partial charge in [0, 0.05) is 80.4 Å². The number of amides is 1. The molecule has 6 nitrogen and oxygen atoms in total. The SMILES string of the molecule is C[C@H]1CN([C@@H](Cc2c(F)cc(F)cc2F)C(=O)O)CCN1C(=O)[C@@H]1CN(C(C)(C)C)C[C@H]1c1ccc(F)cc1F. The lowest BCUT2D eigenvalue weighted by Gasteiger charge is -2.43. The van der Waals surface area contributed by atoms with Crippen LogP contribution in [0.15, 0.2) is 30.3 Å². The van der Waals surface area contributed by atoms with E-state index in [4.69, 9.17) is 0 Å². The molecule has 2 aromatic rings. The topological polar surface area (TPSA) is 64.1 Å². The molecule has 1 amide bonds. The zero-order valence-electron chi connectivity index (χ0n) is 22.9. The van der Waals surface area contributed by atoms with Gasteiger partial charge in [0.1, 0.15) is 35.1 Å². The first kappa shape index (κ1) is 29.9. The Labute approximate surface area is 230 Å². The molecule has 0 aromatic heterocycles. The van der Waals surface area contributed by atoms with Crippen molar-refractivity contribution in [3.8, 4) is 0 Å². The van der Waals surface area contributed by atoms with E-state index in [1.54, 1.807) is 16.7 Å². The summed E-state index contributed by atoms with van der Waals surface area (Å²) < 4.78 is 70.3. The van der Waals surface area contributed by atoms with E-state index >= 15 is 0 Å². The Kier molecular flexibility index (Phi) is 8.56. The number of nitrogens with zero attached hydrogens (tertiary/aromatic N) is 3. The summed E-state index contributed by atoms with van der Waals surface area (Å²) in [5, 5.41) is 9.86. The van der Waals surface area contributed by atoms with Crippen LogP contribution < -0.4 is 0 Å². The predicted molar refractivity (Wildman–Crippen MR) is 138 cm³/mol. The number of aliphatic carboxylic acids is 1. The first-order valence-corrected chi connectivity index (χ1v) is 13.3. The molecule has 4 rings (SSSR count). The van der Waals surface area contributed by atoms with Gasteiger partial charge in [-0.2, -0.15) is 0 Å². The molecule has 0 radical (unpaired) electrons. The molecule has 0 aliphatic carbocycles. The van der Waals surface area contributed by atoms with Gasteiger partial charge < -0.3 is 10.0 Å². The second-order valence-electron chi connectivity index (χ2n) is 11.7. The number of carboxylic acids is 1. The third kappa shape index (κ3) is 6.15. The maximum Gasteiger partial charge on any atom is 0.321 e. The molecule has 2 aliphatic rings. The first-order chi connectivity index (χ1) is 18.7. The van der Waals surface area contributed by atoms with Crippen LogP contribution in [0.2, 0.25) is 0 Å². The van der Waals surface area contributed by atoms with Crippen molar-refractivity contribution in [2.45, 2.75) is 57.7 Å². The second kappa shape index (κ2) is 11.4. The quantitative estimate of drug-likeness (QED) is 0.524. The molecule has 4 atom stereocenters. The van der Waals surface area contributed by atoms with Crippen LogP contribution >= 0.6 is 0 Å². The van der Waals surface area contributed by atoms with Crippen LogP contribution in [0.4, 0.5) is 22.0 Å². The molecule has 0 saturated carbocycles. The van der Waals surface area contributed by atoms with Crippen molar-refractivity contribution in [3.63, 3.8) is 0 Å². The molecule has 218 valence electrons. The Balaban J connectivity index is 1.53. The third-order valence-electron chi connectivity index (χ3n) is 8.12. The summed E-state index contributed by atoms with van der Waals surface area (Å²) >= 11 is 0. The van der Waals surface area contributed by atoms with E-state index in [1.165, 1.54) is 12.1 Å². The monoisotopic (exact) mass is 567 g/mol. The Morgan fingerprint density at radius 2 is 1.55 bits per heavy atom. The van der Waals surface area contributed by atoms with E-state index in [1.807, 2.05) is 20.8 Å². The number of benzene rings is 2. The fourth-order valence-electron chi connectivity index (χ4n) is 5.86. The number of halogens is 5. The van der Waals surface area contributed by atoms with E-state index in [2.05, 4.69) is 4.90 Å². The molecule has 2 aromatic carbocycles. The van der Waals surface area contributed by atoms with Gasteiger partial charge in [0.05, 0.1) is 5.92 Å². The van der Waals surface area contributed by atoms with Gasteiger partial charge in [-0.1, -0.05) is 6.07 Å². The van der Waals surface area contributed by atoms with E-state index in [0.29, 0.717) is 25.2 Å². The summed E-state index contributed by atoms with van der Waals surface area (Å²) in [6, 6.07) is 2.66. The van der Waals surface area contributed by atoms with Crippen molar-refractivity contribution in [2.24, 2.45) is 5.92 Å². The van der Waals surface area contributed by atoms with E-state index in [9.17, 15) is 36.6 Å². The average molecular weight is 568 g/mol. The Morgan fingerprint density at radius 1 is 0.925 bits per heavy atom. The number of carbonyl (C=O) groups is 2. The van der Waals surface area contributed by atoms with Crippen molar-refractivity contribution in [1.82, 2.24) is 14.7 Å². The van der Waals surface area contributed by atoms with Crippen LogP contribution in [0.3, 0.4) is 0 Å². The normalized spacial score (nSPS) is 23.4. The smallest absolute Gasteiger partial charge is 0.321 e. The number of likely N-dealkylation sites (tertiary alicyclic amines) is 1. The lowest BCUT2D eigenvalue weighted by atomic mass is 9.87. The van der Waals surface area contributed by atoms with Gasteiger partial charge in [0.25, 0.3) is 0 Å². The van der Waals surface area contributed by atoms with Crippen LogP contribution in [0.25, 0.3) is 0 Å². The fraction of sp³-hybridized carbons (Fsp3) is 0.517. The minimum absolute atomic E-state index is 0.123. The molecule has 40 heavy (non-hydrogen) atoms. The molecule has 0 spiro atoms. The average Bonchev–Trinajstić information content (AvgIpc) is 3.29. The summed E-state index contributed by atoms with van der Waals surface area (Å²) in [5.41, 5.74) is -0.544. The molecule has 2 heterocycles. The Morgan fingerprint density at radius 3 is 2.10 bits per heavy atom. The van der Waals surface area contributed by atoms with Crippen molar-refractivity contribution >= 4 is 11.9 Å². The Hall–Kier alpha value is -3.05. The van der Waals surface area contributed by atoms with Gasteiger partial charge in [-0.25, -0.2) is 22.0 Å². The summed E-state index contributed by atoms with van der Waals surface area (Å²) in [5.74, 6) is -7.44. The van der Waals surface area contributed by atoms with Crippen molar-refractivity contribution in [1.29, 1.82) is 0 Å². The van der Waals surface area contributed by atoms with E-state index in [0.717, 1.165) is 6.07 Å². The zero-order valence-corrected chi connectivity index (χ0v) is 22.9. The number of rotatable bonds is 6. The molecule has 11 heteroatoms. The number of carbonyl (C=O) groups excluding carboxylic acids is 1. The predicted octanol–water partition coefficient (Wildman–Crippen LogP) is 4.42. The highest BCUT2D eigenvalue weighted by atomic mass is 19.2. The fourth-order valence-corrected chi connectivity index (χ4v) is 5.86. The molecule has 1 N–H and O–H groups in total. The number of piperazine rings is 1. The third-order valence-corrected chi connectivity index (χ3v) is 8.12. The minimum atomic E-state index is -1.29. The molecule has 2 saturated heterocycles. The molecule has 0 bridgehead atoms. The van der Waals surface area contributed by atoms with Crippen molar-refractivity contribution in [2.75, 3.05) is 32.7 Å². The highest BCUT2D eigenvalue weighted by Gasteiger charge is 2.46. The van der Waals surface area contributed by atoms with Gasteiger partial charge in [-0.15, -0.1) is 0 Å². The second-order valence-corrected chi connectivity index (χ2v) is 11.7. The number of carboxylic acid groups (broad SMARTS) is 1. The van der Waals surface area contributed by atoms with Gasteiger partial charge >= 0.3 is 5.97 Å². The largest absolute Gasteiger partial charge is 0.480 e.